The first-order valence-electron chi connectivity index (χ1n) is 11.8. The van der Waals surface area contributed by atoms with Crippen LogP contribution in [0.25, 0.3) is 0 Å². The van der Waals surface area contributed by atoms with Gasteiger partial charge in [0.05, 0.1) is 18.8 Å². The van der Waals surface area contributed by atoms with Gasteiger partial charge < -0.3 is 28.4 Å². The first-order valence-corrected chi connectivity index (χ1v) is 12.9. The minimum Gasteiger partial charge on any atom is -0.457 e. The maximum absolute atomic E-state index is 11.7. The number of hydrogen-bond donors (Lipinski definition) is 1. The molecule has 2 fully saturated rings. The van der Waals surface area contributed by atoms with Crippen molar-refractivity contribution in [3.8, 4) is 0 Å². The summed E-state index contributed by atoms with van der Waals surface area (Å²) in [4.78, 5) is 23.4. The van der Waals surface area contributed by atoms with Gasteiger partial charge >= 0.3 is 11.9 Å². The number of carbonyl (C=O) groups is 2. The quantitative estimate of drug-likeness (QED) is 0.207. The predicted molar refractivity (Wildman–Crippen MR) is 130 cm³/mol. The van der Waals surface area contributed by atoms with Crippen molar-refractivity contribution in [2.24, 2.45) is 23.7 Å². The average molecular weight is 561 g/mol. The van der Waals surface area contributed by atoms with Crippen LogP contribution in [0.5, 0.6) is 0 Å². The molecular weight excluding hydrogens is 525 g/mol. The van der Waals surface area contributed by atoms with Crippen molar-refractivity contribution < 1.29 is 38.0 Å². The van der Waals surface area contributed by atoms with E-state index < -0.39 is 52.5 Å². The zero-order chi connectivity index (χ0) is 26.7. The van der Waals surface area contributed by atoms with Gasteiger partial charge in [-0.2, -0.15) is 0 Å². The van der Waals surface area contributed by atoms with Gasteiger partial charge in [-0.25, -0.2) is 0 Å². The van der Waals surface area contributed by atoms with Crippen LogP contribution in [0.2, 0.25) is 0 Å². The summed E-state index contributed by atoms with van der Waals surface area (Å²) in [5, 5.41) is 7.93. The third-order valence-electron chi connectivity index (χ3n) is 6.94. The van der Waals surface area contributed by atoms with Crippen LogP contribution in [-0.4, -0.2) is 65.2 Å². The molecule has 2 aliphatic heterocycles. The van der Waals surface area contributed by atoms with Crippen molar-refractivity contribution in [1.82, 2.24) is 0 Å². The van der Waals surface area contributed by atoms with E-state index in [9.17, 15) is 9.59 Å². The van der Waals surface area contributed by atoms with Crippen LogP contribution in [0.1, 0.15) is 54.9 Å². The van der Waals surface area contributed by atoms with Gasteiger partial charge in [0.1, 0.15) is 0 Å². The second kappa shape index (κ2) is 12.6. The summed E-state index contributed by atoms with van der Waals surface area (Å²) < 4.78 is 32.7. The molecule has 2 saturated heterocycles. The molecule has 0 aromatic rings. The zero-order valence-electron chi connectivity index (χ0n) is 21.1. The predicted octanol–water partition coefficient (Wildman–Crippen LogP) is 4.63. The highest BCUT2D eigenvalue weighted by Gasteiger charge is 2.48. The summed E-state index contributed by atoms with van der Waals surface area (Å²) in [6.45, 7) is 12.6. The van der Waals surface area contributed by atoms with Gasteiger partial charge in [0, 0.05) is 25.7 Å². The number of rotatable bonds is 7. The van der Waals surface area contributed by atoms with Gasteiger partial charge in [0.25, 0.3) is 3.79 Å². The highest BCUT2D eigenvalue weighted by Crippen LogP contribution is 2.38. The first-order chi connectivity index (χ1) is 16.2. The van der Waals surface area contributed by atoms with Gasteiger partial charge in [0.15, 0.2) is 18.5 Å². The van der Waals surface area contributed by atoms with E-state index in [1.807, 2.05) is 27.7 Å². The Bertz CT molecular complexity index is 764. The van der Waals surface area contributed by atoms with Crippen molar-refractivity contribution in [3.63, 3.8) is 0 Å². The standard InChI is InChI=1S/C23H36Cl3NO8/c1-8-16-10(2)12(4)18(31-14(6)28)20(33-16)30-9-17-11(3)13(5)19(32-15(7)29)21(34-17)35-22(27)23(24,25)26/h10-13,16-21,27H,8-9H2,1-7H3/t10-,11-,12+,13+,16?,17?,18?,19?,20-,21+/m1/s1. The summed E-state index contributed by atoms with van der Waals surface area (Å²) in [5.41, 5.74) is 0. The van der Waals surface area contributed by atoms with Gasteiger partial charge in [-0.1, -0.05) is 69.4 Å². The molecular formula is C23H36Cl3NO8. The lowest BCUT2D eigenvalue weighted by Crippen LogP contribution is -2.56. The van der Waals surface area contributed by atoms with Crippen LogP contribution in [0.15, 0.2) is 0 Å². The Kier molecular flexibility index (Phi) is 10.9. The third kappa shape index (κ3) is 7.82. The normalized spacial score (nSPS) is 37.9. The summed E-state index contributed by atoms with van der Waals surface area (Å²) in [7, 11) is 0. The Balaban J connectivity index is 2.19. The second-order valence-corrected chi connectivity index (χ2v) is 11.6. The highest BCUT2D eigenvalue weighted by molar-refractivity contribution is 6.76. The van der Waals surface area contributed by atoms with Crippen LogP contribution in [-0.2, 0) is 38.0 Å². The molecule has 4 unspecified atom stereocenters. The number of alkyl halides is 3. The van der Waals surface area contributed by atoms with E-state index in [2.05, 4.69) is 6.92 Å². The number of nitrogens with one attached hydrogen (secondary N) is 1. The fourth-order valence-corrected chi connectivity index (χ4v) is 4.62. The Labute approximate surface area is 221 Å². The maximum atomic E-state index is 11.7. The van der Waals surface area contributed by atoms with E-state index in [0.29, 0.717) is 0 Å². The smallest absolute Gasteiger partial charge is 0.303 e. The SMILES string of the molecule is CCC1O[C@@H](OCC2O[C@@H](OC(=N)C(Cl)(Cl)Cl)C(OC(C)=O)[C@@H](C)[C@H]2C)C(OC(C)=O)[C@@H](C)[C@H]1C. The van der Waals surface area contributed by atoms with Crippen LogP contribution < -0.4 is 0 Å². The molecule has 10 atom stereocenters. The number of ether oxygens (including phenoxy) is 6. The third-order valence-corrected chi connectivity index (χ3v) is 7.46. The van der Waals surface area contributed by atoms with E-state index in [4.69, 9.17) is 68.6 Å². The van der Waals surface area contributed by atoms with Crippen LogP contribution in [0, 0.1) is 29.1 Å². The molecule has 0 aromatic carbocycles. The Morgan fingerprint density at radius 1 is 0.800 bits per heavy atom. The van der Waals surface area contributed by atoms with E-state index in [-0.39, 0.29) is 36.4 Å². The summed E-state index contributed by atoms with van der Waals surface area (Å²) in [6, 6.07) is 0. The van der Waals surface area contributed by atoms with E-state index in [1.165, 1.54) is 13.8 Å². The lowest BCUT2D eigenvalue weighted by molar-refractivity contribution is -0.301. The van der Waals surface area contributed by atoms with Crippen molar-refractivity contribution >= 4 is 52.6 Å². The Hall–Kier alpha value is -0.840. The first kappa shape index (κ1) is 30.4. The molecule has 0 aliphatic carbocycles. The average Bonchev–Trinajstić information content (AvgIpc) is 2.75. The summed E-state index contributed by atoms with van der Waals surface area (Å²) >= 11 is 17.3. The molecule has 0 radical (unpaired) electrons. The molecule has 35 heavy (non-hydrogen) atoms. The molecule has 0 bridgehead atoms. The van der Waals surface area contributed by atoms with Gasteiger partial charge in [-0.15, -0.1) is 0 Å². The summed E-state index contributed by atoms with van der Waals surface area (Å²) in [5.74, 6) is -1.81. The monoisotopic (exact) mass is 559 g/mol. The molecule has 0 aromatic heterocycles. The largest absolute Gasteiger partial charge is 0.457 e. The molecule has 9 nitrogen and oxygen atoms in total. The summed E-state index contributed by atoms with van der Waals surface area (Å²) in [6.07, 6.45) is -3.21. The van der Waals surface area contributed by atoms with E-state index in [1.54, 1.807) is 0 Å². The van der Waals surface area contributed by atoms with Crippen molar-refractivity contribution in [2.75, 3.05) is 6.61 Å². The molecule has 2 aliphatic rings. The minimum absolute atomic E-state index is 0.0143. The van der Waals surface area contributed by atoms with Crippen molar-refractivity contribution in [3.05, 3.63) is 0 Å². The Morgan fingerprint density at radius 3 is 1.71 bits per heavy atom. The van der Waals surface area contributed by atoms with Crippen LogP contribution in [0.3, 0.4) is 0 Å². The maximum Gasteiger partial charge on any atom is 0.303 e. The van der Waals surface area contributed by atoms with Gasteiger partial charge in [-0.3, -0.25) is 15.0 Å². The number of esters is 2. The topological polar surface area (TPSA) is 113 Å². The number of hydrogen-bond acceptors (Lipinski definition) is 9. The molecule has 0 amide bonds. The molecule has 0 saturated carbocycles. The minimum atomic E-state index is -2.11. The van der Waals surface area contributed by atoms with E-state index >= 15 is 0 Å². The lowest BCUT2D eigenvalue weighted by Gasteiger charge is -2.46. The highest BCUT2D eigenvalue weighted by atomic mass is 35.6. The second-order valence-electron chi connectivity index (χ2n) is 9.36. The van der Waals surface area contributed by atoms with Crippen molar-refractivity contribution in [2.45, 2.75) is 95.7 Å². The molecule has 0 spiro atoms. The zero-order valence-corrected chi connectivity index (χ0v) is 23.4. The van der Waals surface area contributed by atoms with Gasteiger partial charge in [0.2, 0.25) is 12.2 Å². The molecule has 2 rings (SSSR count). The number of carbonyl (C=O) groups excluding carboxylic acids is 2. The number of halogens is 3. The van der Waals surface area contributed by atoms with Gasteiger partial charge in [-0.05, 0) is 18.3 Å². The lowest BCUT2D eigenvalue weighted by atomic mass is 9.82. The fourth-order valence-electron chi connectivity index (χ4n) is 4.49. The Morgan fingerprint density at radius 2 is 1.26 bits per heavy atom. The molecule has 202 valence electrons. The molecule has 1 N–H and O–H groups in total. The van der Waals surface area contributed by atoms with E-state index in [0.717, 1.165) is 6.42 Å². The molecule has 2 heterocycles. The van der Waals surface area contributed by atoms with Crippen molar-refractivity contribution in [1.29, 1.82) is 5.41 Å². The van der Waals surface area contributed by atoms with Crippen LogP contribution >= 0.6 is 34.8 Å². The molecule has 12 heteroatoms. The van der Waals surface area contributed by atoms with Crippen LogP contribution in [0.4, 0.5) is 0 Å². The fraction of sp³-hybridized carbons (Fsp3) is 0.870.